The Morgan fingerprint density at radius 2 is 1.20 bits per heavy atom. The molecule has 546 valence electrons. The number of nitrogens with zero attached hydrogens (tertiary/aromatic N) is 16. The Bertz CT molecular complexity index is 5860. The summed E-state index contributed by atoms with van der Waals surface area (Å²) in [4.78, 5) is 86.9. The number of aromatic nitrogens is 8. The van der Waals surface area contributed by atoms with Crippen LogP contribution < -0.4 is 19.4 Å². The highest BCUT2D eigenvalue weighted by atomic mass is 35.5. The van der Waals surface area contributed by atoms with Crippen LogP contribution in [-0.4, -0.2) is 180 Å². The van der Waals surface area contributed by atoms with Gasteiger partial charge in [0.2, 0.25) is 17.7 Å². The van der Waals surface area contributed by atoms with Gasteiger partial charge in [0.25, 0.3) is 0 Å². The first-order valence-electron chi connectivity index (χ1n) is 36.0. The first kappa shape index (κ1) is 70.2. The van der Waals surface area contributed by atoms with Crippen molar-refractivity contribution in [2.45, 2.75) is 49.5 Å². The highest BCUT2D eigenvalue weighted by molar-refractivity contribution is 6.37. The molecule has 0 bridgehead atoms. The lowest BCUT2D eigenvalue weighted by atomic mass is 9.96. The van der Waals surface area contributed by atoms with Crippen LogP contribution in [0.5, 0.6) is 6.01 Å². The minimum Gasteiger partial charge on any atom is -0.462 e. The molecule has 6 aromatic heterocycles. The smallest absolute Gasteiger partial charge is 0.319 e. The van der Waals surface area contributed by atoms with Crippen LogP contribution in [0.3, 0.4) is 0 Å². The molecule has 6 saturated heterocycles. The molecule has 1 aliphatic carbocycles. The van der Waals surface area contributed by atoms with Crippen molar-refractivity contribution in [2.75, 3.05) is 87.3 Å². The van der Waals surface area contributed by atoms with E-state index in [0.29, 0.717) is 107 Å². The van der Waals surface area contributed by atoms with Gasteiger partial charge in [0.1, 0.15) is 58.6 Å². The molecule has 1 saturated carbocycles. The van der Waals surface area contributed by atoms with E-state index in [4.69, 9.17) is 32.9 Å². The van der Waals surface area contributed by atoms with E-state index in [1.165, 1.54) is 36.8 Å². The predicted octanol–water partition coefficient (Wildman–Crippen LogP) is 14.0. The monoisotopic (exact) mass is 1500 g/mol. The van der Waals surface area contributed by atoms with E-state index in [-0.39, 0.29) is 86.4 Å². The Morgan fingerprint density at radius 3 is 1.86 bits per heavy atom. The van der Waals surface area contributed by atoms with Gasteiger partial charge in [-0.1, -0.05) is 116 Å². The summed E-state index contributed by atoms with van der Waals surface area (Å²) in [5, 5.41) is 15.5. The lowest BCUT2D eigenvalue weighted by Gasteiger charge is -2.47. The van der Waals surface area contributed by atoms with Crippen molar-refractivity contribution in [2.24, 2.45) is 11.8 Å². The summed E-state index contributed by atoms with van der Waals surface area (Å²) in [6, 6.07) is 34.6. The zero-order valence-electron chi connectivity index (χ0n) is 58.9. The zero-order chi connectivity index (χ0) is 75.2. The van der Waals surface area contributed by atoms with Gasteiger partial charge in [0.05, 0.1) is 67.8 Å². The van der Waals surface area contributed by atoms with E-state index < -0.39 is 23.3 Å². The van der Waals surface area contributed by atoms with E-state index in [1.54, 1.807) is 78.5 Å². The van der Waals surface area contributed by atoms with Gasteiger partial charge in [-0.15, -0.1) is 0 Å². The van der Waals surface area contributed by atoms with Crippen LogP contribution in [0.2, 0.25) is 10.0 Å². The van der Waals surface area contributed by atoms with Crippen molar-refractivity contribution < 1.29 is 36.7 Å². The average Bonchev–Trinajstić information content (AvgIpc) is 1.72. The van der Waals surface area contributed by atoms with Crippen LogP contribution >= 0.6 is 23.2 Å². The maximum Gasteiger partial charge on any atom is 0.319 e. The summed E-state index contributed by atoms with van der Waals surface area (Å²) >= 11 is 12.7. The summed E-state index contributed by atoms with van der Waals surface area (Å²) in [5.74, 6) is 0.235. The maximum absolute atomic E-state index is 16.6. The third-order valence-corrected chi connectivity index (χ3v) is 23.3. The van der Waals surface area contributed by atoms with Gasteiger partial charge in [-0.3, -0.25) is 39.2 Å². The van der Waals surface area contributed by atoms with Crippen molar-refractivity contribution >= 4 is 123 Å². The molecular weight excluding hydrogens is 1430 g/mol. The Morgan fingerprint density at radius 1 is 0.587 bits per heavy atom. The number of anilines is 3. The molecule has 0 unspecified atom stereocenters. The number of hydrogen-bond acceptors (Lipinski definition) is 17. The molecule has 12 heterocycles. The molecule has 7 fully saturated rings. The van der Waals surface area contributed by atoms with Crippen LogP contribution in [0.1, 0.15) is 24.8 Å². The quantitative estimate of drug-likeness (QED) is 0.0822. The fraction of sp³-hybridized carbons (Fsp3) is 0.253. The first-order valence-corrected chi connectivity index (χ1v) is 36.7. The lowest BCUT2D eigenvalue weighted by Crippen LogP contribution is -2.63. The van der Waals surface area contributed by atoms with Gasteiger partial charge >= 0.3 is 6.01 Å². The van der Waals surface area contributed by atoms with Gasteiger partial charge in [-0.05, 0) is 114 Å². The highest BCUT2D eigenvalue weighted by Gasteiger charge is 2.53. The highest BCUT2D eigenvalue weighted by Crippen LogP contribution is 2.50. The van der Waals surface area contributed by atoms with E-state index in [1.807, 2.05) is 64.4 Å². The molecule has 20 nitrogen and oxygen atoms in total. The summed E-state index contributed by atoms with van der Waals surface area (Å²) in [7, 11) is 2.10. The predicted molar refractivity (Wildman–Crippen MR) is 413 cm³/mol. The number of hydrogen-bond donors (Lipinski definition) is 0. The van der Waals surface area contributed by atoms with Crippen LogP contribution in [-0.2, 0) is 14.4 Å². The number of likely N-dealkylation sites (tertiary alicyclic amines) is 3. The van der Waals surface area contributed by atoms with E-state index in [0.717, 1.165) is 82.5 Å². The standard InChI is InChI=1S/C32H29ClF2N6O2.C26H20FN5O.C25H19ClFN5O/c1-3-25(42)40-10-9-22-23(40)14-41(22)31-20-12-36-29(18-6-4-5-16-7-8-21(34)27(33)26(16)18)28(35)30(20)37-32(38-31)43-15-24-19-11-17(19)13-39(24)2;1-2-23(33)32-11-9-31(10-12-32)22-7-8-29-26-21(22)16-30-25(24(26)27)20-14-17(15-28)13-18-5-3-4-6-19(18)20;1-2-22(33)31-9-8-20-21(31)12-32(20)25-16-11-28-18(10-19(16)29-13-30-25)15-5-3-4-14-6-7-17(27)24(26)23(14)15/h3-8,12,17,19,22-24H,1,9-11,13-15H2,2H3;2-8,13-14,16H,1,9-12H2;2-7,10-11,13,20-21H,1,8-9,12H2/t17-,19-,22+,23+,24+;;20-,21-/m0.1/s1. The van der Waals surface area contributed by atoms with Crippen LogP contribution in [0, 0.1) is 46.4 Å². The summed E-state index contributed by atoms with van der Waals surface area (Å²) in [6.07, 6.45) is 15.0. The van der Waals surface area contributed by atoms with Crippen LogP contribution in [0.25, 0.3) is 98.8 Å². The Balaban J connectivity index is 0.000000121. The molecule has 0 N–H and O–H groups in total. The largest absolute Gasteiger partial charge is 0.462 e. The number of fused-ring (bicyclic) bond motifs is 9. The second kappa shape index (κ2) is 28.4. The van der Waals surface area contributed by atoms with Gasteiger partial charge < -0.3 is 34.1 Å². The first-order chi connectivity index (χ1) is 53.0. The minimum absolute atomic E-state index is 0.0163. The number of rotatable bonds is 12. The Labute approximate surface area is 632 Å². The van der Waals surface area contributed by atoms with E-state index in [2.05, 4.69) is 87.3 Å². The molecule has 26 heteroatoms. The number of ether oxygens (including phenoxy) is 1. The maximum atomic E-state index is 16.6. The lowest BCUT2D eigenvalue weighted by molar-refractivity contribution is -0.128. The molecule has 6 aliphatic heterocycles. The molecule has 7 atom stereocenters. The normalized spacial score (nSPS) is 20.4. The van der Waals surface area contributed by atoms with Gasteiger partial charge in [-0.25, -0.2) is 27.5 Å². The number of carbonyl (C=O) groups excluding carboxylic acids is 3. The second-order valence-corrected chi connectivity index (χ2v) is 29.1. The topological polar surface area (TPSA) is 210 Å². The molecule has 3 amide bonds. The second-order valence-electron chi connectivity index (χ2n) is 28.3. The van der Waals surface area contributed by atoms with E-state index in [9.17, 15) is 28.4 Å². The summed E-state index contributed by atoms with van der Waals surface area (Å²) in [6.45, 7) is 17.2. The van der Waals surface area contributed by atoms with Crippen molar-refractivity contribution in [1.82, 2.24) is 59.5 Å². The van der Waals surface area contributed by atoms with Gasteiger partial charge in [-0.2, -0.15) is 15.2 Å². The van der Waals surface area contributed by atoms with Crippen molar-refractivity contribution in [1.29, 1.82) is 5.26 Å². The number of amides is 3. The average molecular weight is 1500 g/mol. The van der Waals surface area contributed by atoms with Crippen molar-refractivity contribution in [3.05, 3.63) is 217 Å². The molecular formula is C83H68Cl2F4N16O4. The molecule has 7 aliphatic rings. The fourth-order valence-corrected chi connectivity index (χ4v) is 17.5. The Hall–Kier alpha value is -11.8. The molecule has 19 rings (SSSR count). The zero-order valence-corrected chi connectivity index (χ0v) is 60.4. The number of benzene rings is 6. The van der Waals surface area contributed by atoms with Gasteiger partial charge in [0.15, 0.2) is 11.6 Å². The third kappa shape index (κ3) is 12.3. The number of piperazine rings is 1. The molecule has 12 aromatic rings. The van der Waals surface area contributed by atoms with Crippen LogP contribution in [0.4, 0.5) is 34.9 Å². The number of halogens is 6. The number of nitriles is 1. The number of piperidine rings is 1. The molecule has 109 heavy (non-hydrogen) atoms. The third-order valence-electron chi connectivity index (χ3n) is 22.6. The van der Waals surface area contributed by atoms with Gasteiger partial charge in [0, 0.05) is 128 Å². The number of likely N-dealkylation sites (N-methyl/N-ethyl adjacent to an activating group) is 1. The molecule has 6 aromatic carbocycles. The number of pyridine rings is 4. The van der Waals surface area contributed by atoms with Crippen LogP contribution in [0.15, 0.2) is 178 Å². The molecule has 0 spiro atoms. The van der Waals surface area contributed by atoms with Crippen molar-refractivity contribution in [3.63, 3.8) is 0 Å². The fourth-order valence-electron chi connectivity index (χ4n) is 16.9. The Kier molecular flexibility index (Phi) is 18.3. The van der Waals surface area contributed by atoms with E-state index >= 15 is 8.78 Å². The summed E-state index contributed by atoms with van der Waals surface area (Å²) in [5.41, 5.74) is 4.85. The summed E-state index contributed by atoms with van der Waals surface area (Å²) < 4.78 is 67.2. The number of carbonyl (C=O) groups is 3. The van der Waals surface area contributed by atoms with Crippen molar-refractivity contribution in [3.8, 4) is 45.9 Å². The molecule has 0 radical (unpaired) electrons. The SMILES string of the molecule is C=CC(=O)N1CCN(c2ccnc3c(F)c(-c4cc(C#N)cc5ccccc45)ncc23)CC1.C=CC(=O)N1CC[C@@H]2[C@H]1CN2c1nc(OC[C@@H]2[C@H]3C[C@H]3CN2C)nc2c(F)c(-c3cccc4ccc(F)c(Cl)c34)ncc12.C=CC(=O)N1CC[C@@H]2[C@H]1CN2c1ncnc2cc(-c3cccc4ccc(F)c(Cl)c34)ncc12. The minimum atomic E-state index is -0.661.